The van der Waals surface area contributed by atoms with Gasteiger partial charge in [-0.3, -0.25) is 9.59 Å². The van der Waals surface area contributed by atoms with Gasteiger partial charge in [-0.1, -0.05) is 20.3 Å². The Morgan fingerprint density at radius 2 is 2.05 bits per heavy atom. The summed E-state index contributed by atoms with van der Waals surface area (Å²) in [4.78, 5) is 24.5. The second-order valence-electron chi connectivity index (χ2n) is 5.09. The summed E-state index contributed by atoms with van der Waals surface area (Å²) in [6, 6.07) is -0.733. The van der Waals surface area contributed by atoms with Crippen LogP contribution in [0.3, 0.4) is 0 Å². The Labute approximate surface area is 113 Å². The maximum Gasteiger partial charge on any atom is 0.305 e. The van der Waals surface area contributed by atoms with Crippen molar-refractivity contribution < 1.29 is 23.1 Å². The van der Waals surface area contributed by atoms with Crippen LogP contribution in [0.5, 0.6) is 0 Å². The molecule has 0 aliphatic carbocycles. The monoisotopic (exact) mass is 291 g/mol. The van der Waals surface area contributed by atoms with Gasteiger partial charge in [0.05, 0.1) is 24.0 Å². The summed E-state index contributed by atoms with van der Waals surface area (Å²) in [6.07, 6.45) is 1.27. The lowest BCUT2D eigenvalue weighted by Gasteiger charge is -2.36. The first kappa shape index (κ1) is 15.9. The minimum absolute atomic E-state index is 0.0757. The van der Waals surface area contributed by atoms with Gasteiger partial charge < -0.3 is 10.0 Å². The molecule has 0 saturated carbocycles. The second-order valence-corrected chi connectivity index (χ2v) is 7.32. The van der Waals surface area contributed by atoms with Crippen LogP contribution in [0.1, 0.15) is 33.1 Å². The van der Waals surface area contributed by atoms with Crippen LogP contribution in [0.4, 0.5) is 0 Å². The van der Waals surface area contributed by atoms with Gasteiger partial charge in [0.1, 0.15) is 0 Å². The molecule has 0 bridgehead atoms. The third-order valence-electron chi connectivity index (χ3n) is 3.37. The smallest absolute Gasteiger partial charge is 0.305 e. The van der Waals surface area contributed by atoms with E-state index >= 15 is 0 Å². The molecule has 2 unspecified atom stereocenters. The van der Waals surface area contributed by atoms with Crippen molar-refractivity contribution in [3.63, 3.8) is 0 Å². The van der Waals surface area contributed by atoms with Gasteiger partial charge in [0.25, 0.3) is 0 Å². The highest BCUT2D eigenvalue weighted by Gasteiger charge is 2.36. The summed E-state index contributed by atoms with van der Waals surface area (Å²) in [5.74, 6) is -1.73. The Kier molecular flexibility index (Phi) is 5.34. The fourth-order valence-corrected chi connectivity index (χ4v) is 3.91. The van der Waals surface area contributed by atoms with Crippen molar-refractivity contribution in [1.82, 2.24) is 4.90 Å². The fraction of sp³-hybridized carbons (Fsp3) is 0.833. The van der Waals surface area contributed by atoms with E-state index in [4.69, 9.17) is 5.11 Å². The van der Waals surface area contributed by atoms with Crippen LogP contribution in [0.15, 0.2) is 0 Å². The highest BCUT2D eigenvalue weighted by molar-refractivity contribution is 7.91. The molecule has 1 aliphatic rings. The van der Waals surface area contributed by atoms with Gasteiger partial charge in [-0.15, -0.1) is 0 Å². The molecule has 6 nitrogen and oxygen atoms in total. The minimum atomic E-state index is -3.24. The van der Waals surface area contributed by atoms with Crippen LogP contribution >= 0.6 is 0 Å². The number of amides is 1. The lowest BCUT2D eigenvalue weighted by molar-refractivity contribution is -0.142. The molecule has 110 valence electrons. The van der Waals surface area contributed by atoms with Crippen LogP contribution in [0, 0.1) is 5.92 Å². The van der Waals surface area contributed by atoms with Crippen LogP contribution in [-0.2, 0) is 19.4 Å². The molecular weight excluding hydrogens is 270 g/mol. The number of nitrogens with zero attached hydrogens (tertiary/aromatic N) is 1. The minimum Gasteiger partial charge on any atom is -0.481 e. The molecule has 1 N–H and O–H groups in total. The van der Waals surface area contributed by atoms with Gasteiger partial charge in [0.15, 0.2) is 9.84 Å². The van der Waals surface area contributed by atoms with E-state index in [1.54, 1.807) is 6.92 Å². The topological polar surface area (TPSA) is 91.8 Å². The van der Waals surface area contributed by atoms with E-state index in [-0.39, 0.29) is 36.3 Å². The van der Waals surface area contributed by atoms with Crippen molar-refractivity contribution in [2.24, 2.45) is 5.92 Å². The van der Waals surface area contributed by atoms with Gasteiger partial charge in [0, 0.05) is 12.5 Å². The van der Waals surface area contributed by atoms with E-state index in [0.717, 1.165) is 12.8 Å². The van der Waals surface area contributed by atoms with Gasteiger partial charge in [-0.2, -0.15) is 0 Å². The zero-order chi connectivity index (χ0) is 14.6. The molecule has 19 heavy (non-hydrogen) atoms. The third-order valence-corrected chi connectivity index (χ3v) is 5.06. The average molecular weight is 291 g/mol. The summed E-state index contributed by atoms with van der Waals surface area (Å²) in [6.45, 7) is 3.87. The van der Waals surface area contributed by atoms with E-state index in [1.165, 1.54) is 4.90 Å². The van der Waals surface area contributed by atoms with E-state index in [2.05, 4.69) is 0 Å². The van der Waals surface area contributed by atoms with Crippen LogP contribution < -0.4 is 0 Å². The van der Waals surface area contributed by atoms with Gasteiger partial charge >= 0.3 is 5.97 Å². The van der Waals surface area contributed by atoms with Crippen molar-refractivity contribution in [3.05, 3.63) is 0 Å². The number of carbonyl (C=O) groups excluding carboxylic acids is 1. The average Bonchev–Trinajstić information content (AvgIpc) is 2.26. The largest absolute Gasteiger partial charge is 0.481 e. The molecule has 0 spiro atoms. The molecule has 1 amide bonds. The zero-order valence-electron chi connectivity index (χ0n) is 11.3. The molecule has 1 saturated heterocycles. The second kappa shape index (κ2) is 6.36. The van der Waals surface area contributed by atoms with Crippen LogP contribution in [0.25, 0.3) is 0 Å². The number of carboxylic acid groups (broad SMARTS) is 1. The first-order valence-electron chi connectivity index (χ1n) is 6.49. The number of aliphatic carboxylic acids is 1. The zero-order valence-corrected chi connectivity index (χ0v) is 12.1. The number of rotatable bonds is 5. The van der Waals surface area contributed by atoms with E-state index in [0.29, 0.717) is 0 Å². The summed E-state index contributed by atoms with van der Waals surface area (Å²) < 4.78 is 23.2. The third kappa shape index (κ3) is 4.49. The van der Waals surface area contributed by atoms with Crippen molar-refractivity contribution in [2.75, 3.05) is 18.1 Å². The van der Waals surface area contributed by atoms with E-state index in [9.17, 15) is 18.0 Å². The summed E-state index contributed by atoms with van der Waals surface area (Å²) >= 11 is 0. The van der Waals surface area contributed by atoms with Crippen LogP contribution in [-0.4, -0.2) is 54.4 Å². The lowest BCUT2D eigenvalue weighted by atomic mass is 10.0. The SMILES string of the molecule is CCCC(C)C(=O)N1CCS(=O)(=O)CC1CC(=O)O. The molecule has 1 fully saturated rings. The molecule has 1 aliphatic heterocycles. The van der Waals surface area contributed by atoms with Crippen molar-refractivity contribution in [3.8, 4) is 0 Å². The Hall–Kier alpha value is -1.11. The normalized spacial score (nSPS) is 23.9. The molecular formula is C12H21NO5S. The predicted octanol–water partition coefficient (Wildman–Crippen LogP) is 0.523. The van der Waals surface area contributed by atoms with E-state index < -0.39 is 21.8 Å². The summed E-state index contributed by atoms with van der Waals surface area (Å²) in [5.41, 5.74) is 0. The Morgan fingerprint density at radius 3 is 2.58 bits per heavy atom. The van der Waals surface area contributed by atoms with E-state index in [1.807, 2.05) is 6.92 Å². The first-order chi connectivity index (χ1) is 8.76. The van der Waals surface area contributed by atoms with Gasteiger partial charge in [-0.25, -0.2) is 8.42 Å². The number of carbonyl (C=O) groups is 2. The number of carboxylic acids is 1. The summed E-state index contributed by atoms with van der Waals surface area (Å²) in [7, 11) is -3.24. The fourth-order valence-electron chi connectivity index (χ4n) is 2.39. The first-order valence-corrected chi connectivity index (χ1v) is 8.31. The van der Waals surface area contributed by atoms with Gasteiger partial charge in [-0.05, 0) is 6.42 Å². The molecule has 1 heterocycles. The molecule has 1 rings (SSSR count). The van der Waals surface area contributed by atoms with Crippen molar-refractivity contribution in [1.29, 1.82) is 0 Å². The molecule has 0 radical (unpaired) electrons. The molecule has 0 aromatic heterocycles. The molecule has 2 atom stereocenters. The molecule has 0 aromatic rings. The lowest BCUT2D eigenvalue weighted by Crippen LogP contribution is -2.53. The quantitative estimate of drug-likeness (QED) is 0.797. The number of hydrogen-bond donors (Lipinski definition) is 1. The predicted molar refractivity (Wildman–Crippen MR) is 70.5 cm³/mol. The standard InChI is InChI=1S/C12H21NO5S/c1-3-4-9(2)12(16)13-5-6-19(17,18)8-10(13)7-11(14)15/h9-10H,3-8H2,1-2H3,(H,14,15). The highest BCUT2D eigenvalue weighted by atomic mass is 32.2. The highest BCUT2D eigenvalue weighted by Crippen LogP contribution is 2.19. The molecule has 0 aromatic carbocycles. The van der Waals surface area contributed by atoms with Crippen molar-refractivity contribution >= 4 is 21.7 Å². The van der Waals surface area contributed by atoms with Gasteiger partial charge in [0.2, 0.25) is 5.91 Å². The number of hydrogen-bond acceptors (Lipinski definition) is 4. The number of sulfone groups is 1. The Bertz CT molecular complexity index is 445. The summed E-state index contributed by atoms with van der Waals surface area (Å²) in [5, 5.41) is 8.84. The maximum absolute atomic E-state index is 12.2. The maximum atomic E-state index is 12.2. The molecule has 7 heteroatoms. The van der Waals surface area contributed by atoms with Crippen LogP contribution in [0.2, 0.25) is 0 Å². The van der Waals surface area contributed by atoms with Crippen molar-refractivity contribution in [2.45, 2.75) is 39.2 Å². The Balaban J connectivity index is 2.84. The Morgan fingerprint density at radius 1 is 1.42 bits per heavy atom.